The van der Waals surface area contributed by atoms with Crippen molar-refractivity contribution in [1.82, 2.24) is 10.2 Å². The van der Waals surface area contributed by atoms with Crippen LogP contribution in [0.1, 0.15) is 26.7 Å². The summed E-state index contributed by atoms with van der Waals surface area (Å²) in [6.07, 6.45) is 3.40. The van der Waals surface area contributed by atoms with E-state index >= 15 is 0 Å². The van der Waals surface area contributed by atoms with Gasteiger partial charge in [-0.2, -0.15) is 0 Å². The molecule has 2 aliphatic rings. The molecule has 2 unspecified atom stereocenters. The number of rotatable bonds is 2. The van der Waals surface area contributed by atoms with Gasteiger partial charge in [-0.25, -0.2) is 9.38 Å². The number of nitrogens with zero attached hydrogens (tertiary/aromatic N) is 2. The van der Waals surface area contributed by atoms with Crippen molar-refractivity contribution >= 4 is 5.84 Å². The molecule has 2 rings (SSSR count). The van der Waals surface area contributed by atoms with E-state index in [9.17, 15) is 4.39 Å². The van der Waals surface area contributed by atoms with Gasteiger partial charge in [0.05, 0.1) is 5.84 Å². The minimum Gasteiger partial charge on any atom is -0.348 e. The van der Waals surface area contributed by atoms with Gasteiger partial charge in [-0.3, -0.25) is 4.90 Å². The lowest BCUT2D eigenvalue weighted by Gasteiger charge is -2.26. The van der Waals surface area contributed by atoms with E-state index < -0.39 is 0 Å². The van der Waals surface area contributed by atoms with E-state index in [1.807, 2.05) is 6.92 Å². The molecule has 3 nitrogen and oxygen atoms in total. The summed E-state index contributed by atoms with van der Waals surface area (Å²) >= 11 is 0. The largest absolute Gasteiger partial charge is 0.348 e. The smallest absolute Gasteiger partial charge is 0.158 e. The Labute approximate surface area is 90.1 Å². The monoisotopic (exact) mass is 211 g/mol. The summed E-state index contributed by atoms with van der Waals surface area (Å²) in [4.78, 5) is 6.43. The first kappa shape index (κ1) is 10.6. The molecule has 1 fully saturated rings. The molecule has 1 N–H and O–H groups in total. The van der Waals surface area contributed by atoms with Gasteiger partial charge in [-0.05, 0) is 19.3 Å². The minimum absolute atomic E-state index is 0.169. The predicted molar refractivity (Wildman–Crippen MR) is 59.2 cm³/mol. The maximum Gasteiger partial charge on any atom is 0.158 e. The van der Waals surface area contributed by atoms with Crippen LogP contribution in [0, 0.1) is 5.92 Å². The molecule has 2 atom stereocenters. The quantitative estimate of drug-likeness (QED) is 0.755. The van der Waals surface area contributed by atoms with Gasteiger partial charge < -0.3 is 5.32 Å². The van der Waals surface area contributed by atoms with E-state index in [1.54, 1.807) is 0 Å². The second-order valence-corrected chi connectivity index (χ2v) is 4.32. The lowest BCUT2D eigenvalue weighted by molar-refractivity contribution is 0.238. The van der Waals surface area contributed by atoms with Gasteiger partial charge in [-0.1, -0.05) is 13.3 Å². The number of likely N-dealkylation sites (tertiary alicyclic amines) is 1. The fourth-order valence-corrected chi connectivity index (χ4v) is 2.20. The molecule has 0 radical (unpaired) electrons. The van der Waals surface area contributed by atoms with Crippen LogP contribution in [0.25, 0.3) is 0 Å². The topological polar surface area (TPSA) is 27.6 Å². The van der Waals surface area contributed by atoms with E-state index in [-0.39, 0.29) is 12.0 Å². The van der Waals surface area contributed by atoms with Crippen LogP contribution in [0.3, 0.4) is 0 Å². The van der Waals surface area contributed by atoms with Crippen molar-refractivity contribution < 1.29 is 4.39 Å². The molecule has 15 heavy (non-hydrogen) atoms. The van der Waals surface area contributed by atoms with Gasteiger partial charge in [0, 0.05) is 19.3 Å². The number of amidine groups is 1. The molecule has 0 saturated carbocycles. The Morgan fingerprint density at radius 1 is 1.67 bits per heavy atom. The Morgan fingerprint density at radius 2 is 2.47 bits per heavy atom. The summed E-state index contributed by atoms with van der Waals surface area (Å²) in [5.41, 5.74) is 0. The Kier molecular flexibility index (Phi) is 3.05. The van der Waals surface area contributed by atoms with Gasteiger partial charge >= 0.3 is 0 Å². The third-order valence-corrected chi connectivity index (χ3v) is 3.22. The summed E-state index contributed by atoms with van der Waals surface area (Å²) in [6.45, 7) is 5.99. The summed E-state index contributed by atoms with van der Waals surface area (Å²) in [5.74, 6) is 1.34. The summed E-state index contributed by atoms with van der Waals surface area (Å²) in [5, 5.41) is 2.80. The number of hydrogen-bond acceptors (Lipinski definition) is 3. The first-order valence-corrected chi connectivity index (χ1v) is 5.61. The van der Waals surface area contributed by atoms with Crippen molar-refractivity contribution in [2.45, 2.75) is 32.9 Å². The predicted octanol–water partition coefficient (Wildman–Crippen LogP) is 1.88. The Balaban J connectivity index is 2.04. The number of halogens is 1. The molecule has 4 heteroatoms. The minimum atomic E-state index is -0.372. The maximum atomic E-state index is 13.6. The number of hydrogen-bond donors (Lipinski definition) is 1. The van der Waals surface area contributed by atoms with E-state index in [0.29, 0.717) is 5.92 Å². The van der Waals surface area contributed by atoms with E-state index in [2.05, 4.69) is 22.1 Å². The summed E-state index contributed by atoms with van der Waals surface area (Å²) < 4.78 is 13.6. The molecule has 0 aliphatic carbocycles. The standard InChI is InChI=1S/C11H18FN3/c1-3-9-4-5-15(7-9)11-10(12)6-13-8(2)14-11/h6,9,11H,3-5,7H2,1-2H3,(H,13,14). The molecule has 0 aromatic carbocycles. The van der Waals surface area contributed by atoms with Gasteiger partial charge in [-0.15, -0.1) is 0 Å². The highest BCUT2D eigenvalue weighted by molar-refractivity contribution is 5.81. The summed E-state index contributed by atoms with van der Waals surface area (Å²) in [6, 6.07) is 0. The van der Waals surface area contributed by atoms with Crippen molar-refractivity contribution in [2.75, 3.05) is 13.1 Å². The Hall–Kier alpha value is -0.900. The molecule has 0 spiro atoms. The molecule has 0 aromatic heterocycles. The molecule has 2 heterocycles. The first-order chi connectivity index (χ1) is 7.20. The van der Waals surface area contributed by atoms with Crippen molar-refractivity contribution in [3.05, 3.63) is 12.0 Å². The molecule has 0 amide bonds. The van der Waals surface area contributed by atoms with Crippen LogP contribution < -0.4 is 5.32 Å². The van der Waals surface area contributed by atoms with Crippen molar-refractivity contribution in [2.24, 2.45) is 10.9 Å². The van der Waals surface area contributed by atoms with Crippen molar-refractivity contribution in [1.29, 1.82) is 0 Å². The Morgan fingerprint density at radius 3 is 3.13 bits per heavy atom. The zero-order chi connectivity index (χ0) is 10.8. The third kappa shape index (κ3) is 2.20. The average molecular weight is 211 g/mol. The van der Waals surface area contributed by atoms with Crippen LogP contribution in [0.5, 0.6) is 0 Å². The molecule has 2 aliphatic heterocycles. The Bertz CT molecular complexity index is 298. The second kappa shape index (κ2) is 4.31. The van der Waals surface area contributed by atoms with Gasteiger partial charge in [0.1, 0.15) is 0 Å². The lowest BCUT2D eigenvalue weighted by Crippen LogP contribution is -2.37. The SMILES string of the molecule is CCC1CCN(C2N=C(C)NC=C2F)C1. The maximum absolute atomic E-state index is 13.6. The highest BCUT2D eigenvalue weighted by Gasteiger charge is 2.30. The van der Waals surface area contributed by atoms with Crippen LogP contribution in [-0.4, -0.2) is 30.0 Å². The third-order valence-electron chi connectivity index (χ3n) is 3.22. The van der Waals surface area contributed by atoms with Gasteiger partial charge in [0.15, 0.2) is 12.0 Å². The van der Waals surface area contributed by atoms with Gasteiger partial charge in [0.2, 0.25) is 0 Å². The molecule has 84 valence electrons. The zero-order valence-electron chi connectivity index (χ0n) is 9.33. The molecular formula is C11H18FN3. The molecule has 1 saturated heterocycles. The van der Waals surface area contributed by atoms with Crippen LogP contribution in [-0.2, 0) is 0 Å². The van der Waals surface area contributed by atoms with E-state index in [4.69, 9.17) is 0 Å². The molecule has 0 bridgehead atoms. The zero-order valence-corrected chi connectivity index (χ0v) is 9.33. The van der Waals surface area contributed by atoms with Gasteiger partial charge in [0.25, 0.3) is 0 Å². The highest BCUT2D eigenvalue weighted by Crippen LogP contribution is 2.25. The number of aliphatic imine (C=N–C) groups is 1. The van der Waals surface area contributed by atoms with Crippen LogP contribution >= 0.6 is 0 Å². The highest BCUT2D eigenvalue weighted by atomic mass is 19.1. The van der Waals surface area contributed by atoms with E-state index in [0.717, 1.165) is 18.9 Å². The fourth-order valence-electron chi connectivity index (χ4n) is 2.20. The summed E-state index contributed by atoms with van der Waals surface area (Å²) in [7, 11) is 0. The van der Waals surface area contributed by atoms with Crippen LogP contribution in [0.4, 0.5) is 4.39 Å². The van der Waals surface area contributed by atoms with Crippen molar-refractivity contribution in [3.63, 3.8) is 0 Å². The molecule has 0 aromatic rings. The fraction of sp³-hybridized carbons (Fsp3) is 0.727. The van der Waals surface area contributed by atoms with Crippen LogP contribution in [0.2, 0.25) is 0 Å². The average Bonchev–Trinajstić information content (AvgIpc) is 2.70. The van der Waals surface area contributed by atoms with Crippen LogP contribution in [0.15, 0.2) is 17.0 Å². The van der Waals surface area contributed by atoms with E-state index in [1.165, 1.54) is 19.0 Å². The lowest BCUT2D eigenvalue weighted by atomic mass is 10.1. The number of nitrogens with one attached hydrogen (secondary N) is 1. The second-order valence-electron chi connectivity index (χ2n) is 4.32. The van der Waals surface area contributed by atoms with Crippen molar-refractivity contribution in [3.8, 4) is 0 Å². The first-order valence-electron chi connectivity index (χ1n) is 5.61. The molecular weight excluding hydrogens is 193 g/mol. The normalized spacial score (nSPS) is 32.2.